The van der Waals surface area contributed by atoms with Crippen LogP contribution in [0, 0.1) is 5.92 Å². The van der Waals surface area contributed by atoms with Crippen LogP contribution in [0.15, 0.2) is 18.2 Å². The Morgan fingerprint density at radius 2 is 2.08 bits per heavy atom. The number of esters is 1. The van der Waals surface area contributed by atoms with Gasteiger partial charge in [0, 0.05) is 26.2 Å². The average molecular weight is 357 g/mol. The van der Waals surface area contributed by atoms with Gasteiger partial charge in [-0.1, -0.05) is 6.07 Å². The van der Waals surface area contributed by atoms with Crippen LogP contribution in [-0.2, 0) is 20.5 Å². The van der Waals surface area contributed by atoms with E-state index >= 15 is 0 Å². The first-order valence-electron chi connectivity index (χ1n) is 8.05. The Morgan fingerprint density at radius 3 is 2.76 bits per heavy atom. The number of ketones is 1. The van der Waals surface area contributed by atoms with Crippen molar-refractivity contribution >= 4 is 17.6 Å². The number of carbonyl (C=O) groups is 2. The van der Waals surface area contributed by atoms with Crippen LogP contribution in [0.2, 0.25) is 0 Å². The van der Waals surface area contributed by atoms with Crippen molar-refractivity contribution in [2.75, 3.05) is 37.7 Å². The molecule has 9 heteroatoms. The second-order valence-electron chi connectivity index (χ2n) is 6.04. The highest BCUT2D eigenvalue weighted by Gasteiger charge is 2.47. The molecule has 2 aliphatic rings. The Morgan fingerprint density at radius 1 is 1.32 bits per heavy atom. The SMILES string of the molecule is CCOC(=O)C1CN2CCN(c3cccc(C(F)(F)F)n3)CC2C1=O. The van der Waals surface area contributed by atoms with Crippen molar-refractivity contribution in [2.45, 2.75) is 19.1 Å². The van der Waals surface area contributed by atoms with Crippen LogP contribution in [0.1, 0.15) is 12.6 Å². The van der Waals surface area contributed by atoms with Crippen molar-refractivity contribution in [2.24, 2.45) is 5.92 Å². The van der Waals surface area contributed by atoms with Gasteiger partial charge in [-0.05, 0) is 19.1 Å². The molecule has 0 aromatic carbocycles. The molecule has 2 atom stereocenters. The third kappa shape index (κ3) is 3.46. The van der Waals surface area contributed by atoms with Crippen LogP contribution in [0.5, 0.6) is 0 Å². The molecule has 0 bridgehead atoms. The van der Waals surface area contributed by atoms with E-state index in [2.05, 4.69) is 4.98 Å². The molecule has 3 heterocycles. The minimum Gasteiger partial charge on any atom is -0.465 e. The molecule has 0 radical (unpaired) electrons. The van der Waals surface area contributed by atoms with Gasteiger partial charge in [0.2, 0.25) is 0 Å². The number of alkyl halides is 3. The lowest BCUT2D eigenvalue weighted by Gasteiger charge is -2.37. The molecule has 0 N–H and O–H groups in total. The Balaban J connectivity index is 1.75. The number of piperazine rings is 1. The van der Waals surface area contributed by atoms with Gasteiger partial charge in [-0.3, -0.25) is 14.5 Å². The van der Waals surface area contributed by atoms with Gasteiger partial charge in [0.05, 0.1) is 12.6 Å². The highest BCUT2D eigenvalue weighted by Crippen LogP contribution is 2.30. The summed E-state index contributed by atoms with van der Waals surface area (Å²) in [5.74, 6) is -1.41. The first-order chi connectivity index (χ1) is 11.8. The monoisotopic (exact) mass is 357 g/mol. The molecule has 2 saturated heterocycles. The molecule has 1 aromatic rings. The zero-order chi connectivity index (χ0) is 18.2. The minimum absolute atomic E-state index is 0.182. The Hall–Kier alpha value is -2.16. The fourth-order valence-corrected chi connectivity index (χ4v) is 3.26. The molecule has 136 valence electrons. The van der Waals surface area contributed by atoms with Gasteiger partial charge in [0.15, 0.2) is 5.78 Å². The van der Waals surface area contributed by atoms with E-state index in [0.717, 1.165) is 6.07 Å². The summed E-state index contributed by atoms with van der Waals surface area (Å²) in [5, 5.41) is 0. The van der Waals surface area contributed by atoms with Crippen LogP contribution in [0.3, 0.4) is 0 Å². The summed E-state index contributed by atoms with van der Waals surface area (Å²) in [5.41, 5.74) is -0.963. The number of Topliss-reactive ketones (excluding diaryl/α,β-unsaturated/α-hetero) is 1. The van der Waals surface area contributed by atoms with E-state index in [9.17, 15) is 22.8 Å². The lowest BCUT2D eigenvalue weighted by Crippen LogP contribution is -2.52. The fourth-order valence-electron chi connectivity index (χ4n) is 3.26. The maximum absolute atomic E-state index is 12.8. The van der Waals surface area contributed by atoms with E-state index in [0.29, 0.717) is 19.6 Å². The maximum Gasteiger partial charge on any atom is 0.433 e. The summed E-state index contributed by atoms with van der Waals surface area (Å²) in [4.78, 5) is 31.6. The molecule has 2 fully saturated rings. The summed E-state index contributed by atoms with van der Waals surface area (Å²) in [6.07, 6.45) is -4.52. The minimum atomic E-state index is -4.52. The molecule has 6 nitrogen and oxygen atoms in total. The van der Waals surface area contributed by atoms with E-state index < -0.39 is 29.8 Å². The first-order valence-corrected chi connectivity index (χ1v) is 8.05. The van der Waals surface area contributed by atoms with Gasteiger partial charge in [0.1, 0.15) is 17.4 Å². The topological polar surface area (TPSA) is 62.7 Å². The van der Waals surface area contributed by atoms with Crippen molar-refractivity contribution in [1.29, 1.82) is 0 Å². The molecular formula is C16H18F3N3O3. The van der Waals surface area contributed by atoms with Gasteiger partial charge in [-0.2, -0.15) is 13.2 Å². The molecular weight excluding hydrogens is 339 g/mol. The van der Waals surface area contributed by atoms with Gasteiger partial charge in [0.25, 0.3) is 0 Å². The number of rotatable bonds is 3. The molecule has 0 amide bonds. The molecule has 1 aromatic heterocycles. The largest absolute Gasteiger partial charge is 0.465 e. The zero-order valence-corrected chi connectivity index (χ0v) is 13.6. The fraction of sp³-hybridized carbons (Fsp3) is 0.562. The number of nitrogens with zero attached hydrogens (tertiary/aromatic N) is 3. The van der Waals surface area contributed by atoms with Crippen molar-refractivity contribution in [3.05, 3.63) is 23.9 Å². The Bertz CT molecular complexity index is 680. The summed E-state index contributed by atoms with van der Waals surface area (Å²) >= 11 is 0. The molecule has 0 saturated carbocycles. The Kier molecular flexibility index (Phi) is 4.68. The van der Waals surface area contributed by atoms with E-state index in [1.807, 2.05) is 4.90 Å². The average Bonchev–Trinajstić information content (AvgIpc) is 2.91. The maximum atomic E-state index is 12.8. The summed E-state index contributed by atoms with van der Waals surface area (Å²) < 4.78 is 43.4. The summed E-state index contributed by atoms with van der Waals surface area (Å²) in [6, 6.07) is 3.18. The predicted molar refractivity (Wildman–Crippen MR) is 81.9 cm³/mol. The van der Waals surface area contributed by atoms with Crippen LogP contribution >= 0.6 is 0 Å². The van der Waals surface area contributed by atoms with Gasteiger partial charge >= 0.3 is 12.1 Å². The number of hydrogen-bond acceptors (Lipinski definition) is 6. The number of carbonyl (C=O) groups excluding carboxylic acids is 2. The highest BCUT2D eigenvalue weighted by atomic mass is 19.4. The lowest BCUT2D eigenvalue weighted by molar-refractivity contribution is -0.150. The third-order valence-electron chi connectivity index (χ3n) is 4.50. The molecule has 25 heavy (non-hydrogen) atoms. The number of aromatic nitrogens is 1. The number of hydrogen-bond donors (Lipinski definition) is 0. The van der Waals surface area contributed by atoms with Gasteiger partial charge in [-0.15, -0.1) is 0 Å². The predicted octanol–water partition coefficient (Wildman–Crippen LogP) is 1.35. The summed E-state index contributed by atoms with van der Waals surface area (Å²) in [6.45, 7) is 3.30. The van der Waals surface area contributed by atoms with E-state index in [-0.39, 0.29) is 24.8 Å². The van der Waals surface area contributed by atoms with E-state index in [1.165, 1.54) is 12.1 Å². The first kappa shape index (κ1) is 17.7. The van der Waals surface area contributed by atoms with E-state index in [4.69, 9.17) is 4.74 Å². The second kappa shape index (κ2) is 6.62. The van der Waals surface area contributed by atoms with Crippen molar-refractivity contribution < 1.29 is 27.5 Å². The zero-order valence-electron chi connectivity index (χ0n) is 13.6. The van der Waals surface area contributed by atoms with Crippen molar-refractivity contribution in [1.82, 2.24) is 9.88 Å². The summed E-state index contributed by atoms with van der Waals surface area (Å²) in [7, 11) is 0. The highest BCUT2D eigenvalue weighted by molar-refractivity contribution is 6.04. The molecule has 2 unspecified atom stereocenters. The van der Waals surface area contributed by atoms with Crippen LogP contribution in [0.25, 0.3) is 0 Å². The van der Waals surface area contributed by atoms with Gasteiger partial charge in [-0.25, -0.2) is 4.98 Å². The molecule has 0 aliphatic carbocycles. The molecule has 3 rings (SSSR count). The molecule has 2 aliphatic heterocycles. The lowest BCUT2D eigenvalue weighted by atomic mass is 10.0. The number of fused-ring (bicyclic) bond motifs is 1. The quantitative estimate of drug-likeness (QED) is 0.601. The number of pyridine rings is 1. The van der Waals surface area contributed by atoms with Gasteiger partial charge < -0.3 is 9.64 Å². The number of halogens is 3. The number of ether oxygens (including phenoxy) is 1. The smallest absolute Gasteiger partial charge is 0.433 e. The third-order valence-corrected chi connectivity index (χ3v) is 4.50. The van der Waals surface area contributed by atoms with Crippen molar-refractivity contribution in [3.63, 3.8) is 0 Å². The second-order valence-corrected chi connectivity index (χ2v) is 6.04. The Labute approximate surface area is 142 Å². The normalized spacial score (nSPS) is 24.3. The van der Waals surface area contributed by atoms with Crippen LogP contribution in [-0.4, -0.2) is 60.5 Å². The molecule has 0 spiro atoms. The van der Waals surface area contributed by atoms with Crippen LogP contribution < -0.4 is 4.90 Å². The standard InChI is InChI=1S/C16H18F3N3O3/c1-2-25-15(24)10-8-21-6-7-22(9-11(21)14(10)23)13-5-3-4-12(20-13)16(17,18)19/h3-5,10-11H,2,6-9H2,1H3. The van der Waals surface area contributed by atoms with Crippen LogP contribution in [0.4, 0.5) is 19.0 Å². The van der Waals surface area contributed by atoms with E-state index in [1.54, 1.807) is 11.8 Å². The number of anilines is 1. The van der Waals surface area contributed by atoms with Crippen molar-refractivity contribution in [3.8, 4) is 0 Å².